The molecule has 0 saturated heterocycles. The topological polar surface area (TPSA) is 9.23 Å². The second-order valence-corrected chi connectivity index (χ2v) is 4.03. The van der Waals surface area contributed by atoms with Gasteiger partial charge in [-0.05, 0) is 24.6 Å². The third-order valence-corrected chi connectivity index (χ3v) is 2.71. The second kappa shape index (κ2) is 4.46. The van der Waals surface area contributed by atoms with Gasteiger partial charge in [0, 0.05) is 5.30 Å². The fourth-order valence-corrected chi connectivity index (χ4v) is 1.63. The molecule has 2 rings (SSSR count). The number of hydrogen-bond acceptors (Lipinski definition) is 1. The van der Waals surface area contributed by atoms with Gasteiger partial charge in [0.05, 0.1) is 0 Å². The van der Waals surface area contributed by atoms with Crippen molar-refractivity contribution in [3.05, 3.63) is 54.1 Å². The first-order valence-corrected chi connectivity index (χ1v) is 5.43. The lowest BCUT2D eigenvalue weighted by Crippen LogP contribution is -1.97. The van der Waals surface area contributed by atoms with Crippen LogP contribution in [0.15, 0.2) is 48.5 Å². The van der Waals surface area contributed by atoms with E-state index in [9.17, 15) is 0 Å². The highest BCUT2D eigenvalue weighted by Crippen LogP contribution is 2.23. The average Bonchev–Trinajstić information content (AvgIpc) is 2.24. The van der Waals surface area contributed by atoms with E-state index in [2.05, 4.69) is 9.24 Å². The van der Waals surface area contributed by atoms with Gasteiger partial charge >= 0.3 is 0 Å². The predicted octanol–water partition coefficient (Wildman–Crippen LogP) is 3.29. The number of ether oxygens (including phenoxy) is 1. The number of para-hydroxylation sites is 2. The Morgan fingerprint density at radius 1 is 0.867 bits per heavy atom. The molecular weight excluding hydrogens is 203 g/mol. The van der Waals surface area contributed by atoms with Gasteiger partial charge in [-0.25, -0.2) is 0 Å². The lowest BCUT2D eigenvalue weighted by atomic mass is 10.2. The highest BCUT2D eigenvalue weighted by atomic mass is 31.0. The van der Waals surface area contributed by atoms with Gasteiger partial charge in [0.2, 0.25) is 0 Å². The van der Waals surface area contributed by atoms with E-state index in [0.717, 1.165) is 22.4 Å². The molecule has 0 saturated carbocycles. The molecule has 2 heteroatoms. The zero-order valence-corrected chi connectivity index (χ0v) is 9.76. The molecule has 0 fully saturated rings. The summed E-state index contributed by atoms with van der Waals surface area (Å²) in [5, 5.41) is 1.07. The minimum atomic E-state index is 0.886. The van der Waals surface area contributed by atoms with Crippen LogP contribution in [-0.4, -0.2) is 0 Å². The van der Waals surface area contributed by atoms with Crippen molar-refractivity contribution < 1.29 is 4.74 Å². The first-order valence-electron chi connectivity index (χ1n) is 4.85. The highest BCUT2D eigenvalue weighted by molar-refractivity contribution is 7.27. The molecule has 0 heterocycles. The summed E-state index contributed by atoms with van der Waals surface area (Å²) in [5.74, 6) is 1.80. The van der Waals surface area contributed by atoms with Crippen LogP contribution in [-0.2, 0) is 0 Å². The molecule has 2 aromatic rings. The van der Waals surface area contributed by atoms with Crippen LogP contribution in [0, 0.1) is 6.92 Å². The maximum absolute atomic E-state index is 5.82. The third-order valence-electron chi connectivity index (χ3n) is 2.23. The van der Waals surface area contributed by atoms with Gasteiger partial charge in [0.25, 0.3) is 0 Å². The predicted molar refractivity (Wildman–Crippen MR) is 67.0 cm³/mol. The molecule has 0 radical (unpaired) electrons. The molecule has 0 aliphatic heterocycles. The fraction of sp³-hybridized carbons (Fsp3) is 0.0769. The van der Waals surface area contributed by atoms with Crippen LogP contribution in [0.1, 0.15) is 5.56 Å². The van der Waals surface area contributed by atoms with Crippen molar-refractivity contribution >= 4 is 14.5 Å². The van der Waals surface area contributed by atoms with Crippen LogP contribution >= 0.6 is 9.24 Å². The zero-order chi connectivity index (χ0) is 10.7. The quantitative estimate of drug-likeness (QED) is 0.700. The van der Waals surface area contributed by atoms with Gasteiger partial charge in [-0.1, -0.05) is 36.4 Å². The van der Waals surface area contributed by atoms with Crippen LogP contribution in [0.2, 0.25) is 0 Å². The van der Waals surface area contributed by atoms with Crippen molar-refractivity contribution in [1.82, 2.24) is 0 Å². The van der Waals surface area contributed by atoms with Gasteiger partial charge in [-0.15, -0.1) is 9.24 Å². The molecule has 15 heavy (non-hydrogen) atoms. The highest BCUT2D eigenvalue weighted by Gasteiger charge is 2.01. The maximum Gasteiger partial charge on any atom is 0.134 e. The summed E-state index contributed by atoms with van der Waals surface area (Å²) in [6.45, 7) is 2.04. The van der Waals surface area contributed by atoms with Crippen molar-refractivity contribution in [2.75, 3.05) is 0 Å². The van der Waals surface area contributed by atoms with Crippen LogP contribution in [0.3, 0.4) is 0 Å². The van der Waals surface area contributed by atoms with Crippen molar-refractivity contribution in [3.63, 3.8) is 0 Å². The normalized spacial score (nSPS) is 10.0. The summed E-state index contributed by atoms with van der Waals surface area (Å²) < 4.78 is 5.82. The molecule has 1 nitrogen and oxygen atoms in total. The smallest absolute Gasteiger partial charge is 0.134 e. The molecule has 0 bridgehead atoms. The van der Waals surface area contributed by atoms with Crippen LogP contribution in [0.4, 0.5) is 0 Å². The number of benzene rings is 2. The largest absolute Gasteiger partial charge is 0.456 e. The second-order valence-electron chi connectivity index (χ2n) is 3.41. The molecule has 2 aromatic carbocycles. The number of rotatable bonds is 2. The Kier molecular flexibility index (Phi) is 3.03. The summed E-state index contributed by atoms with van der Waals surface area (Å²) >= 11 is 0. The monoisotopic (exact) mass is 216 g/mol. The van der Waals surface area contributed by atoms with E-state index in [1.54, 1.807) is 0 Å². The van der Waals surface area contributed by atoms with Crippen LogP contribution < -0.4 is 10.0 Å². The molecule has 0 aliphatic carbocycles. The molecular formula is C13H13OP. The van der Waals surface area contributed by atoms with E-state index in [-0.39, 0.29) is 0 Å². The number of aryl methyl sites for hydroxylation is 1. The molecule has 0 spiro atoms. The Balaban J connectivity index is 2.30. The standard InChI is InChI=1S/C13H13OP/c1-10-6-2-3-7-11(10)14-12-8-4-5-9-13(12)15/h2-9H,15H2,1H3. The van der Waals surface area contributed by atoms with Gasteiger partial charge in [-0.2, -0.15) is 0 Å². The van der Waals surface area contributed by atoms with E-state index in [1.165, 1.54) is 0 Å². The molecule has 0 N–H and O–H groups in total. The fourth-order valence-electron chi connectivity index (χ4n) is 1.36. The molecule has 1 atom stereocenters. The Morgan fingerprint density at radius 3 is 2.13 bits per heavy atom. The van der Waals surface area contributed by atoms with Crippen LogP contribution in [0.5, 0.6) is 11.5 Å². The molecule has 0 aromatic heterocycles. The van der Waals surface area contributed by atoms with Crippen molar-refractivity contribution in [2.45, 2.75) is 6.92 Å². The lowest BCUT2D eigenvalue weighted by molar-refractivity contribution is 0.483. The van der Waals surface area contributed by atoms with Crippen molar-refractivity contribution in [3.8, 4) is 11.5 Å². The third kappa shape index (κ3) is 2.37. The summed E-state index contributed by atoms with van der Waals surface area (Å²) in [6, 6.07) is 16.0. The lowest BCUT2D eigenvalue weighted by Gasteiger charge is -2.09. The first-order chi connectivity index (χ1) is 7.27. The SMILES string of the molecule is Cc1ccccc1Oc1ccccc1P. The minimum absolute atomic E-state index is 0.886. The van der Waals surface area contributed by atoms with E-state index >= 15 is 0 Å². The Bertz CT molecular complexity index is 422. The minimum Gasteiger partial charge on any atom is -0.456 e. The molecule has 76 valence electrons. The van der Waals surface area contributed by atoms with E-state index in [4.69, 9.17) is 4.74 Å². The van der Waals surface area contributed by atoms with Crippen molar-refractivity contribution in [1.29, 1.82) is 0 Å². The molecule has 0 aliphatic rings. The Hall–Kier alpha value is -1.33. The summed E-state index contributed by atoms with van der Waals surface area (Å²) in [5.41, 5.74) is 1.14. The Labute approximate surface area is 92.3 Å². The summed E-state index contributed by atoms with van der Waals surface area (Å²) in [7, 11) is 2.67. The van der Waals surface area contributed by atoms with E-state index in [1.807, 2.05) is 55.5 Å². The van der Waals surface area contributed by atoms with E-state index < -0.39 is 0 Å². The summed E-state index contributed by atoms with van der Waals surface area (Å²) in [6.07, 6.45) is 0. The van der Waals surface area contributed by atoms with Gasteiger partial charge in [0.1, 0.15) is 11.5 Å². The zero-order valence-electron chi connectivity index (χ0n) is 8.60. The number of hydrogen-bond donors (Lipinski definition) is 0. The van der Waals surface area contributed by atoms with Crippen LogP contribution in [0.25, 0.3) is 0 Å². The van der Waals surface area contributed by atoms with Crippen molar-refractivity contribution in [2.24, 2.45) is 0 Å². The average molecular weight is 216 g/mol. The van der Waals surface area contributed by atoms with E-state index in [0.29, 0.717) is 0 Å². The van der Waals surface area contributed by atoms with Gasteiger partial charge < -0.3 is 4.74 Å². The van der Waals surface area contributed by atoms with Gasteiger partial charge in [-0.3, -0.25) is 0 Å². The van der Waals surface area contributed by atoms with Gasteiger partial charge in [0.15, 0.2) is 0 Å². The molecule has 0 amide bonds. The Morgan fingerprint density at radius 2 is 1.47 bits per heavy atom. The first kappa shape index (κ1) is 10.2. The molecule has 1 unspecified atom stereocenters. The maximum atomic E-state index is 5.82. The summed E-state index contributed by atoms with van der Waals surface area (Å²) in [4.78, 5) is 0.